The van der Waals surface area contributed by atoms with E-state index in [-0.39, 0.29) is 24.9 Å². The van der Waals surface area contributed by atoms with Crippen LogP contribution in [0, 0.1) is 5.92 Å². The van der Waals surface area contributed by atoms with E-state index >= 15 is 0 Å². The number of nitrogens with zero attached hydrogens (tertiary/aromatic N) is 1. The standard InChI is InChI=1S/C30H62NO5P/c1-6-7-8-9-10-11-12-13-14-15-16-17-18-19-20-21-22-23-24-30(27-29(2)32)28-36-37(33,34)35-26-25-31(3,4)5/h30H,6-28H2,1-5H3/p+1. The van der Waals surface area contributed by atoms with E-state index in [1.165, 1.54) is 103 Å². The molecule has 0 aliphatic carbocycles. The van der Waals surface area contributed by atoms with Crippen molar-refractivity contribution in [1.82, 2.24) is 0 Å². The van der Waals surface area contributed by atoms with Crippen LogP contribution in [0.15, 0.2) is 0 Å². The fourth-order valence-electron chi connectivity index (χ4n) is 4.65. The number of hydrogen-bond donors (Lipinski definition) is 1. The summed E-state index contributed by atoms with van der Waals surface area (Å²) < 4.78 is 23.1. The van der Waals surface area contributed by atoms with Crippen molar-refractivity contribution >= 4 is 13.6 Å². The average molecular weight is 549 g/mol. The van der Waals surface area contributed by atoms with Crippen molar-refractivity contribution in [1.29, 1.82) is 0 Å². The van der Waals surface area contributed by atoms with Crippen LogP contribution in [0.5, 0.6) is 0 Å². The number of carbonyl (C=O) groups excluding carboxylic acids is 1. The molecule has 2 unspecified atom stereocenters. The van der Waals surface area contributed by atoms with E-state index in [9.17, 15) is 14.3 Å². The van der Waals surface area contributed by atoms with Gasteiger partial charge in [-0.1, -0.05) is 122 Å². The lowest BCUT2D eigenvalue weighted by Gasteiger charge is -2.24. The van der Waals surface area contributed by atoms with E-state index in [0.29, 0.717) is 17.4 Å². The Morgan fingerprint density at radius 2 is 1.14 bits per heavy atom. The molecule has 1 N–H and O–H groups in total. The molecule has 0 aromatic heterocycles. The summed E-state index contributed by atoms with van der Waals surface area (Å²) in [5.74, 6) is 0.0655. The zero-order chi connectivity index (χ0) is 27.8. The molecule has 0 saturated carbocycles. The van der Waals surface area contributed by atoms with Crippen molar-refractivity contribution in [2.45, 2.75) is 142 Å². The highest BCUT2D eigenvalue weighted by atomic mass is 31.2. The van der Waals surface area contributed by atoms with E-state index in [2.05, 4.69) is 6.92 Å². The Hall–Kier alpha value is -0.260. The van der Waals surface area contributed by atoms with Gasteiger partial charge in [-0.15, -0.1) is 0 Å². The van der Waals surface area contributed by atoms with Crippen LogP contribution in [0.2, 0.25) is 0 Å². The van der Waals surface area contributed by atoms with Gasteiger partial charge in [0.1, 0.15) is 18.9 Å². The van der Waals surface area contributed by atoms with Gasteiger partial charge in [0.2, 0.25) is 0 Å². The van der Waals surface area contributed by atoms with Gasteiger partial charge in [-0.2, -0.15) is 0 Å². The Morgan fingerprint density at radius 3 is 1.51 bits per heavy atom. The number of rotatable bonds is 28. The van der Waals surface area contributed by atoms with Gasteiger partial charge in [-0.05, 0) is 19.3 Å². The molecule has 37 heavy (non-hydrogen) atoms. The molecule has 0 rings (SSSR count). The lowest BCUT2D eigenvalue weighted by Crippen LogP contribution is -2.37. The number of ketones is 1. The summed E-state index contributed by atoms with van der Waals surface area (Å²) in [7, 11) is 1.91. The Balaban J connectivity index is 3.71. The monoisotopic (exact) mass is 548 g/mol. The number of likely N-dealkylation sites (N-methyl/N-ethyl adjacent to an activating group) is 1. The largest absolute Gasteiger partial charge is 0.472 e. The zero-order valence-electron chi connectivity index (χ0n) is 25.3. The van der Waals surface area contributed by atoms with Crippen molar-refractivity contribution in [2.24, 2.45) is 5.92 Å². The Kier molecular flexibility index (Phi) is 23.4. The van der Waals surface area contributed by atoms with Gasteiger partial charge in [0.25, 0.3) is 0 Å². The number of hydrogen-bond acceptors (Lipinski definition) is 4. The predicted molar refractivity (Wildman–Crippen MR) is 157 cm³/mol. The second-order valence-electron chi connectivity index (χ2n) is 12.2. The van der Waals surface area contributed by atoms with E-state index in [0.717, 1.165) is 19.3 Å². The predicted octanol–water partition coefficient (Wildman–Crippen LogP) is 8.85. The Labute approximate surface area is 230 Å². The highest BCUT2D eigenvalue weighted by molar-refractivity contribution is 7.47. The summed E-state index contributed by atoms with van der Waals surface area (Å²) in [4.78, 5) is 21.6. The molecule has 0 saturated heterocycles. The average Bonchev–Trinajstić information content (AvgIpc) is 2.80. The van der Waals surface area contributed by atoms with E-state index in [1.807, 2.05) is 21.1 Å². The maximum Gasteiger partial charge on any atom is 0.472 e. The molecule has 7 heteroatoms. The minimum absolute atomic E-state index is 0.0268. The molecule has 0 radical (unpaired) electrons. The van der Waals surface area contributed by atoms with Crippen LogP contribution in [0.4, 0.5) is 0 Å². The van der Waals surface area contributed by atoms with Gasteiger partial charge < -0.3 is 14.2 Å². The number of carbonyl (C=O) groups is 1. The molecular formula is C30H63NO5P+. The summed E-state index contributed by atoms with van der Waals surface area (Å²) in [5.41, 5.74) is 0. The summed E-state index contributed by atoms with van der Waals surface area (Å²) in [6.07, 6.45) is 25.4. The van der Waals surface area contributed by atoms with Crippen molar-refractivity contribution in [3.8, 4) is 0 Å². The fraction of sp³-hybridized carbons (Fsp3) is 0.967. The number of phosphoric acid groups is 1. The first-order valence-corrected chi connectivity index (χ1v) is 17.0. The lowest BCUT2D eigenvalue weighted by atomic mass is 9.96. The lowest BCUT2D eigenvalue weighted by molar-refractivity contribution is -0.870. The molecule has 222 valence electrons. The highest BCUT2D eigenvalue weighted by Crippen LogP contribution is 2.44. The Morgan fingerprint density at radius 1 is 0.730 bits per heavy atom. The minimum atomic E-state index is -4.08. The number of Topliss-reactive ketones (excluding diaryl/α,β-unsaturated/α-hetero) is 1. The molecule has 0 aliphatic heterocycles. The molecule has 0 aliphatic rings. The summed E-state index contributed by atoms with van der Waals surface area (Å²) >= 11 is 0. The molecule has 0 amide bonds. The highest BCUT2D eigenvalue weighted by Gasteiger charge is 2.25. The van der Waals surface area contributed by atoms with Crippen LogP contribution < -0.4 is 0 Å². The van der Waals surface area contributed by atoms with E-state index in [4.69, 9.17) is 9.05 Å². The van der Waals surface area contributed by atoms with Gasteiger partial charge in [0.05, 0.1) is 27.7 Å². The molecular weight excluding hydrogens is 485 g/mol. The third kappa shape index (κ3) is 28.6. The molecule has 0 heterocycles. The summed E-state index contributed by atoms with van der Waals surface area (Å²) in [5, 5.41) is 0. The zero-order valence-corrected chi connectivity index (χ0v) is 26.2. The van der Waals surface area contributed by atoms with Crippen LogP contribution in [-0.4, -0.2) is 56.1 Å². The first-order chi connectivity index (χ1) is 17.6. The molecule has 0 aromatic carbocycles. The van der Waals surface area contributed by atoms with Crippen molar-refractivity contribution < 1.29 is 27.8 Å². The van der Waals surface area contributed by atoms with Crippen molar-refractivity contribution in [3.63, 3.8) is 0 Å². The van der Waals surface area contributed by atoms with Crippen LogP contribution >= 0.6 is 7.82 Å². The first-order valence-electron chi connectivity index (χ1n) is 15.5. The second kappa shape index (κ2) is 23.6. The van der Waals surface area contributed by atoms with Crippen LogP contribution in [-0.2, 0) is 18.4 Å². The first kappa shape index (κ1) is 36.7. The topological polar surface area (TPSA) is 72.8 Å². The molecule has 6 nitrogen and oxygen atoms in total. The summed E-state index contributed by atoms with van der Waals surface area (Å²) in [6, 6.07) is 0. The van der Waals surface area contributed by atoms with Gasteiger partial charge in [0.15, 0.2) is 0 Å². The third-order valence-electron chi connectivity index (χ3n) is 7.03. The Bertz CT molecular complexity index is 579. The van der Waals surface area contributed by atoms with Gasteiger partial charge >= 0.3 is 7.82 Å². The third-order valence-corrected chi connectivity index (χ3v) is 8.02. The smallest absolute Gasteiger partial charge is 0.329 e. The SMILES string of the molecule is CCCCCCCCCCCCCCCCCCCCC(COP(=O)(O)OCC[N+](C)(C)C)CC(C)=O. The van der Waals surface area contributed by atoms with Gasteiger partial charge in [0, 0.05) is 6.42 Å². The molecule has 0 aromatic rings. The van der Waals surface area contributed by atoms with Gasteiger partial charge in [-0.25, -0.2) is 4.57 Å². The van der Waals surface area contributed by atoms with Gasteiger partial charge in [-0.3, -0.25) is 9.05 Å². The van der Waals surface area contributed by atoms with E-state index in [1.54, 1.807) is 6.92 Å². The van der Waals surface area contributed by atoms with Crippen molar-refractivity contribution in [3.05, 3.63) is 0 Å². The molecule has 2 atom stereocenters. The molecule has 0 fully saturated rings. The number of quaternary nitrogens is 1. The quantitative estimate of drug-likeness (QED) is 0.0600. The second-order valence-corrected chi connectivity index (χ2v) is 13.6. The van der Waals surface area contributed by atoms with Crippen molar-refractivity contribution in [2.75, 3.05) is 40.9 Å². The fourth-order valence-corrected chi connectivity index (χ4v) is 5.44. The van der Waals surface area contributed by atoms with E-state index < -0.39 is 7.82 Å². The maximum absolute atomic E-state index is 12.2. The van der Waals surface area contributed by atoms with Crippen LogP contribution in [0.3, 0.4) is 0 Å². The number of unbranched alkanes of at least 4 members (excludes halogenated alkanes) is 17. The van der Waals surface area contributed by atoms with Crippen LogP contribution in [0.1, 0.15) is 142 Å². The minimum Gasteiger partial charge on any atom is -0.329 e. The normalized spacial score (nSPS) is 14.5. The summed E-state index contributed by atoms with van der Waals surface area (Å²) in [6.45, 7) is 4.72. The molecule has 0 spiro atoms. The maximum atomic E-state index is 12.2. The number of phosphoric ester groups is 1. The van der Waals surface area contributed by atoms with Crippen LogP contribution in [0.25, 0.3) is 0 Å². The molecule has 0 bridgehead atoms.